The first kappa shape index (κ1) is 23.6. The Kier molecular flexibility index (Phi) is 7.69. The third kappa shape index (κ3) is 5.33. The molecular formula is C30H34N2O2. The van der Waals surface area contributed by atoms with Gasteiger partial charge in [0.1, 0.15) is 0 Å². The lowest BCUT2D eigenvalue weighted by molar-refractivity contribution is -0.140. The first-order chi connectivity index (χ1) is 16.6. The Bertz CT molecular complexity index is 1220. The highest BCUT2D eigenvalue weighted by Crippen LogP contribution is 2.29. The number of esters is 1. The molecule has 0 fully saturated rings. The molecule has 0 bridgehead atoms. The quantitative estimate of drug-likeness (QED) is 0.261. The molecule has 1 aromatic heterocycles. The second kappa shape index (κ2) is 11.1. The molecule has 176 valence electrons. The molecule has 0 saturated carbocycles. The number of carbonyl (C=O) groups excluding carboxylic acids is 1. The number of methoxy groups -OCH3 is 1. The van der Waals surface area contributed by atoms with E-state index in [0.29, 0.717) is 12.8 Å². The summed E-state index contributed by atoms with van der Waals surface area (Å²) < 4.78 is 7.13. The number of fused-ring (bicyclic) bond motifs is 1. The Morgan fingerprint density at radius 2 is 1.59 bits per heavy atom. The average Bonchev–Trinajstić information content (AvgIpc) is 3.25. The maximum atomic E-state index is 11.7. The van der Waals surface area contributed by atoms with E-state index >= 15 is 0 Å². The fourth-order valence-electron chi connectivity index (χ4n) is 4.60. The highest BCUT2D eigenvalue weighted by Gasteiger charge is 2.13. The van der Waals surface area contributed by atoms with Crippen molar-refractivity contribution in [2.24, 2.45) is 0 Å². The van der Waals surface area contributed by atoms with Gasteiger partial charge in [-0.3, -0.25) is 4.79 Å². The number of rotatable bonds is 10. The summed E-state index contributed by atoms with van der Waals surface area (Å²) in [6, 6.07) is 26.0. The summed E-state index contributed by atoms with van der Waals surface area (Å²) in [4.78, 5) is 14.0. The van der Waals surface area contributed by atoms with E-state index in [1.54, 1.807) is 0 Å². The molecule has 0 unspecified atom stereocenters. The Morgan fingerprint density at radius 3 is 2.26 bits per heavy atom. The molecule has 0 spiro atoms. The van der Waals surface area contributed by atoms with Crippen molar-refractivity contribution >= 4 is 22.6 Å². The SMILES string of the molecule is CCN(CC)c1ccc(-n2cc(CCc3ccccc3)c3cc(CCC(=O)OC)ccc32)cc1. The van der Waals surface area contributed by atoms with Crippen LogP contribution in [0.2, 0.25) is 0 Å². The number of ether oxygens (including phenoxy) is 1. The normalized spacial score (nSPS) is 11.0. The van der Waals surface area contributed by atoms with Crippen LogP contribution in [0.5, 0.6) is 0 Å². The zero-order chi connectivity index (χ0) is 23.9. The lowest BCUT2D eigenvalue weighted by Gasteiger charge is -2.21. The molecule has 0 aliphatic heterocycles. The fourth-order valence-corrected chi connectivity index (χ4v) is 4.60. The Labute approximate surface area is 202 Å². The van der Waals surface area contributed by atoms with Crippen LogP contribution in [-0.2, 0) is 28.8 Å². The van der Waals surface area contributed by atoms with Crippen molar-refractivity contribution in [3.05, 3.63) is 95.7 Å². The minimum absolute atomic E-state index is 0.171. The van der Waals surface area contributed by atoms with Gasteiger partial charge in [-0.25, -0.2) is 0 Å². The van der Waals surface area contributed by atoms with Crippen molar-refractivity contribution in [1.29, 1.82) is 0 Å². The van der Waals surface area contributed by atoms with Crippen LogP contribution in [0.1, 0.15) is 37.0 Å². The third-order valence-corrected chi connectivity index (χ3v) is 6.58. The van der Waals surface area contributed by atoms with E-state index in [2.05, 4.69) is 102 Å². The topological polar surface area (TPSA) is 34.5 Å². The number of hydrogen-bond donors (Lipinski definition) is 0. The summed E-state index contributed by atoms with van der Waals surface area (Å²) in [5.74, 6) is -0.171. The Balaban J connectivity index is 1.69. The van der Waals surface area contributed by atoms with Crippen LogP contribution in [0, 0.1) is 0 Å². The van der Waals surface area contributed by atoms with E-state index in [4.69, 9.17) is 4.74 Å². The van der Waals surface area contributed by atoms with Crippen molar-refractivity contribution in [2.45, 2.75) is 39.5 Å². The standard InChI is InChI=1S/C30H34N2O2/c1-4-31(5-2)26-15-17-27(18-16-26)32-22-25(14-11-23-9-7-6-8-10-23)28-21-24(12-19-29(28)32)13-20-30(33)34-3/h6-10,12,15-19,21-22H,4-5,11,13-14,20H2,1-3H3. The van der Waals surface area contributed by atoms with Crippen molar-refractivity contribution in [3.8, 4) is 5.69 Å². The molecule has 4 nitrogen and oxygen atoms in total. The fraction of sp³-hybridized carbons (Fsp3) is 0.300. The highest BCUT2D eigenvalue weighted by molar-refractivity contribution is 5.86. The summed E-state index contributed by atoms with van der Waals surface area (Å²) in [7, 11) is 1.44. The van der Waals surface area contributed by atoms with Gasteiger partial charge in [0.05, 0.1) is 12.6 Å². The molecule has 4 heteroatoms. The minimum Gasteiger partial charge on any atom is -0.469 e. The van der Waals surface area contributed by atoms with E-state index in [1.807, 2.05) is 0 Å². The lowest BCUT2D eigenvalue weighted by atomic mass is 10.0. The molecule has 0 aliphatic carbocycles. The number of hydrogen-bond acceptors (Lipinski definition) is 3. The highest BCUT2D eigenvalue weighted by atomic mass is 16.5. The zero-order valence-electron chi connectivity index (χ0n) is 20.5. The van der Waals surface area contributed by atoms with Crippen molar-refractivity contribution < 1.29 is 9.53 Å². The van der Waals surface area contributed by atoms with Gasteiger partial charge >= 0.3 is 5.97 Å². The molecule has 3 aromatic carbocycles. The Morgan fingerprint density at radius 1 is 0.853 bits per heavy atom. The maximum Gasteiger partial charge on any atom is 0.305 e. The van der Waals surface area contributed by atoms with Gasteiger partial charge in [0.2, 0.25) is 0 Å². The lowest BCUT2D eigenvalue weighted by Crippen LogP contribution is -2.21. The minimum atomic E-state index is -0.171. The van der Waals surface area contributed by atoms with Crippen LogP contribution < -0.4 is 4.90 Å². The number of benzene rings is 3. The summed E-state index contributed by atoms with van der Waals surface area (Å²) in [5.41, 5.74) is 7.43. The summed E-state index contributed by atoms with van der Waals surface area (Å²) in [6.07, 6.45) is 5.32. The first-order valence-corrected chi connectivity index (χ1v) is 12.2. The van der Waals surface area contributed by atoms with Crippen LogP contribution in [0.25, 0.3) is 16.6 Å². The van der Waals surface area contributed by atoms with Crippen LogP contribution in [0.15, 0.2) is 79.0 Å². The van der Waals surface area contributed by atoms with E-state index in [9.17, 15) is 4.79 Å². The Hall–Kier alpha value is -3.53. The smallest absolute Gasteiger partial charge is 0.305 e. The van der Waals surface area contributed by atoms with Gasteiger partial charge in [0.25, 0.3) is 0 Å². The second-order valence-electron chi connectivity index (χ2n) is 8.63. The molecule has 1 heterocycles. The van der Waals surface area contributed by atoms with Gasteiger partial charge < -0.3 is 14.2 Å². The van der Waals surface area contributed by atoms with Crippen LogP contribution in [0.3, 0.4) is 0 Å². The number of nitrogens with zero attached hydrogens (tertiary/aromatic N) is 2. The van der Waals surface area contributed by atoms with E-state index in [1.165, 1.54) is 34.8 Å². The zero-order valence-corrected chi connectivity index (χ0v) is 20.5. The van der Waals surface area contributed by atoms with E-state index in [-0.39, 0.29) is 5.97 Å². The number of aromatic nitrogens is 1. The molecule has 0 saturated heterocycles. The summed E-state index contributed by atoms with van der Waals surface area (Å²) >= 11 is 0. The molecular weight excluding hydrogens is 420 g/mol. The number of carbonyl (C=O) groups is 1. The van der Waals surface area contributed by atoms with Gasteiger partial charge in [-0.2, -0.15) is 0 Å². The number of anilines is 1. The van der Waals surface area contributed by atoms with Gasteiger partial charge in [-0.05, 0) is 86.2 Å². The second-order valence-corrected chi connectivity index (χ2v) is 8.63. The molecule has 34 heavy (non-hydrogen) atoms. The summed E-state index contributed by atoms with van der Waals surface area (Å²) in [5, 5.41) is 1.26. The molecule has 0 radical (unpaired) electrons. The van der Waals surface area contributed by atoms with Crippen LogP contribution in [-0.4, -0.2) is 30.7 Å². The van der Waals surface area contributed by atoms with Gasteiger partial charge in [-0.1, -0.05) is 36.4 Å². The van der Waals surface area contributed by atoms with Gasteiger partial charge in [0.15, 0.2) is 0 Å². The predicted octanol–water partition coefficient (Wildman–Crippen LogP) is 6.37. The van der Waals surface area contributed by atoms with Crippen molar-refractivity contribution in [2.75, 3.05) is 25.1 Å². The first-order valence-electron chi connectivity index (χ1n) is 12.2. The van der Waals surface area contributed by atoms with Gasteiger partial charge in [-0.15, -0.1) is 0 Å². The number of aryl methyl sites for hydroxylation is 3. The average molecular weight is 455 g/mol. The molecule has 0 amide bonds. The van der Waals surface area contributed by atoms with Crippen LogP contribution >= 0.6 is 0 Å². The van der Waals surface area contributed by atoms with Crippen molar-refractivity contribution in [1.82, 2.24) is 4.57 Å². The molecule has 0 aliphatic rings. The third-order valence-electron chi connectivity index (χ3n) is 6.58. The molecule has 4 rings (SSSR count). The molecule has 0 atom stereocenters. The van der Waals surface area contributed by atoms with Crippen molar-refractivity contribution in [3.63, 3.8) is 0 Å². The summed E-state index contributed by atoms with van der Waals surface area (Å²) in [6.45, 7) is 6.38. The van der Waals surface area contributed by atoms with Gasteiger partial charge in [0, 0.05) is 42.5 Å². The van der Waals surface area contributed by atoms with Crippen LogP contribution in [0.4, 0.5) is 5.69 Å². The maximum absolute atomic E-state index is 11.7. The molecule has 4 aromatic rings. The predicted molar refractivity (Wildman–Crippen MR) is 141 cm³/mol. The van der Waals surface area contributed by atoms with E-state index in [0.717, 1.165) is 37.2 Å². The molecule has 0 N–H and O–H groups in total. The largest absolute Gasteiger partial charge is 0.469 e. The van der Waals surface area contributed by atoms with E-state index < -0.39 is 0 Å². The monoisotopic (exact) mass is 454 g/mol.